The molecule has 1 fully saturated rings. The molecule has 4 heteroatoms. The van der Waals surface area contributed by atoms with E-state index in [2.05, 4.69) is 56.3 Å². The smallest absolute Gasteiger partial charge is 0.309 e. The first-order valence-electron chi connectivity index (χ1n) is 14.7. The molecule has 0 radical (unpaired) electrons. The zero-order chi connectivity index (χ0) is 28.1. The first-order valence-corrected chi connectivity index (χ1v) is 14.7. The van der Waals surface area contributed by atoms with Crippen LogP contribution in [0.3, 0.4) is 0 Å². The highest BCUT2D eigenvalue weighted by molar-refractivity contribution is 5.85. The van der Waals surface area contributed by atoms with Crippen molar-refractivity contribution < 1.29 is 18.7 Å². The fourth-order valence-electron chi connectivity index (χ4n) is 7.41. The van der Waals surface area contributed by atoms with Crippen molar-refractivity contribution in [1.29, 1.82) is 0 Å². The molecule has 1 saturated carbocycles. The Hall–Kier alpha value is -3.40. The molecular formula is C36H39FO3. The van der Waals surface area contributed by atoms with E-state index in [-0.39, 0.29) is 28.5 Å². The quantitative estimate of drug-likeness (QED) is 0.294. The summed E-state index contributed by atoms with van der Waals surface area (Å²) in [5.41, 5.74) is 8.55. The largest absolute Gasteiger partial charge is 0.489 e. The Balaban J connectivity index is 1.31. The number of aryl methyl sites for hydroxylation is 2. The third-order valence-electron chi connectivity index (χ3n) is 9.76. The Morgan fingerprint density at radius 2 is 1.82 bits per heavy atom. The van der Waals surface area contributed by atoms with Crippen LogP contribution < -0.4 is 4.74 Å². The van der Waals surface area contributed by atoms with Gasteiger partial charge < -0.3 is 9.47 Å². The second kappa shape index (κ2) is 10.2. The lowest BCUT2D eigenvalue weighted by molar-refractivity contribution is -0.153. The normalized spacial score (nSPS) is 22.8. The van der Waals surface area contributed by atoms with Gasteiger partial charge in [0.25, 0.3) is 0 Å². The molecule has 3 nitrogen and oxygen atoms in total. The van der Waals surface area contributed by atoms with Crippen molar-refractivity contribution in [2.45, 2.75) is 77.7 Å². The monoisotopic (exact) mass is 538 g/mol. The van der Waals surface area contributed by atoms with E-state index in [0.717, 1.165) is 72.9 Å². The Kier molecular flexibility index (Phi) is 6.84. The maximum absolute atomic E-state index is 15.0. The minimum Gasteiger partial charge on any atom is -0.489 e. The molecule has 3 aliphatic carbocycles. The second-order valence-corrected chi connectivity index (χ2v) is 12.6. The van der Waals surface area contributed by atoms with Crippen molar-refractivity contribution in [3.63, 3.8) is 0 Å². The van der Waals surface area contributed by atoms with Crippen LogP contribution in [0.4, 0.5) is 4.39 Å². The van der Waals surface area contributed by atoms with E-state index in [0.29, 0.717) is 12.2 Å². The van der Waals surface area contributed by atoms with Crippen LogP contribution in [0.2, 0.25) is 0 Å². The number of benzene rings is 3. The summed E-state index contributed by atoms with van der Waals surface area (Å²) in [7, 11) is 1.49. The molecule has 0 aromatic heterocycles. The van der Waals surface area contributed by atoms with Crippen LogP contribution in [0.1, 0.15) is 80.2 Å². The van der Waals surface area contributed by atoms with Gasteiger partial charge in [-0.05, 0) is 121 Å². The maximum atomic E-state index is 15.0. The first-order chi connectivity index (χ1) is 19.2. The number of hydrogen-bond acceptors (Lipinski definition) is 3. The Morgan fingerprint density at radius 3 is 2.55 bits per heavy atom. The summed E-state index contributed by atoms with van der Waals surface area (Å²) < 4.78 is 26.6. The first kappa shape index (κ1) is 26.8. The van der Waals surface area contributed by atoms with Gasteiger partial charge in [0, 0.05) is 11.0 Å². The van der Waals surface area contributed by atoms with Crippen LogP contribution in [0, 0.1) is 24.1 Å². The van der Waals surface area contributed by atoms with Gasteiger partial charge in [0.2, 0.25) is 0 Å². The molecule has 0 N–H and O–H groups in total. The molecule has 0 heterocycles. The molecule has 208 valence electrons. The molecule has 0 saturated heterocycles. The van der Waals surface area contributed by atoms with Crippen molar-refractivity contribution >= 4 is 11.5 Å². The molecular weight excluding hydrogens is 499 g/mol. The second-order valence-electron chi connectivity index (χ2n) is 12.6. The van der Waals surface area contributed by atoms with E-state index in [4.69, 9.17) is 9.47 Å². The fourth-order valence-corrected chi connectivity index (χ4v) is 7.41. The number of fused-ring (bicyclic) bond motifs is 2. The number of allylic oxidation sites excluding steroid dienone is 2. The average Bonchev–Trinajstić information content (AvgIpc) is 3.30. The molecule has 3 aromatic rings. The lowest BCUT2D eigenvalue weighted by Gasteiger charge is -2.51. The standard InChI is InChI=1S/C36H39FO3/c1-23-9-14-33(37)29(19-23)27-13-10-24(20-28(27)30-8-6-16-35(30,2)3)22-40-26-12-11-25-7-5-17-36(32(25)21-26)18-15-31(36)34(38)39-4/h8-14,19-21,31H,5-7,15-18,22H2,1-4H3/t31-,36-/m0/s1. The van der Waals surface area contributed by atoms with Crippen LogP contribution in [0.5, 0.6) is 5.75 Å². The summed E-state index contributed by atoms with van der Waals surface area (Å²) in [4.78, 5) is 12.5. The minimum atomic E-state index is -0.198. The van der Waals surface area contributed by atoms with Crippen LogP contribution in [-0.2, 0) is 28.0 Å². The highest BCUT2D eigenvalue weighted by Crippen LogP contribution is 2.56. The van der Waals surface area contributed by atoms with Gasteiger partial charge in [0.05, 0.1) is 13.0 Å². The number of halogens is 1. The summed E-state index contributed by atoms with van der Waals surface area (Å²) in [6.45, 7) is 6.97. The Bertz CT molecular complexity index is 1500. The summed E-state index contributed by atoms with van der Waals surface area (Å²) in [5.74, 6) is 0.474. The van der Waals surface area contributed by atoms with Gasteiger partial charge in [0.15, 0.2) is 0 Å². The molecule has 1 spiro atoms. The van der Waals surface area contributed by atoms with Gasteiger partial charge in [-0.15, -0.1) is 0 Å². The Morgan fingerprint density at radius 1 is 0.975 bits per heavy atom. The lowest BCUT2D eigenvalue weighted by atomic mass is 9.52. The van der Waals surface area contributed by atoms with E-state index >= 15 is 4.39 Å². The zero-order valence-corrected chi connectivity index (χ0v) is 24.1. The molecule has 2 atom stereocenters. The predicted octanol–water partition coefficient (Wildman–Crippen LogP) is 8.74. The van der Waals surface area contributed by atoms with Crippen molar-refractivity contribution in [3.8, 4) is 16.9 Å². The summed E-state index contributed by atoms with van der Waals surface area (Å²) in [6.07, 6.45) is 9.50. The number of ether oxygens (including phenoxy) is 2. The van der Waals surface area contributed by atoms with Gasteiger partial charge in [0.1, 0.15) is 18.2 Å². The molecule has 3 aromatic carbocycles. The number of methoxy groups -OCH3 is 1. The van der Waals surface area contributed by atoms with Crippen LogP contribution >= 0.6 is 0 Å². The van der Waals surface area contributed by atoms with E-state index < -0.39 is 0 Å². The van der Waals surface area contributed by atoms with Crippen molar-refractivity contribution in [2.24, 2.45) is 11.3 Å². The zero-order valence-electron chi connectivity index (χ0n) is 24.1. The lowest BCUT2D eigenvalue weighted by Crippen LogP contribution is -2.50. The van der Waals surface area contributed by atoms with Gasteiger partial charge in [-0.1, -0.05) is 49.8 Å². The highest BCUT2D eigenvalue weighted by Gasteiger charge is 2.53. The van der Waals surface area contributed by atoms with Crippen LogP contribution in [0.15, 0.2) is 60.7 Å². The molecule has 0 aliphatic heterocycles. The van der Waals surface area contributed by atoms with E-state index in [1.165, 1.54) is 23.8 Å². The van der Waals surface area contributed by atoms with Gasteiger partial charge in [-0.25, -0.2) is 4.39 Å². The molecule has 0 bridgehead atoms. The van der Waals surface area contributed by atoms with E-state index in [1.54, 1.807) is 6.07 Å². The van der Waals surface area contributed by atoms with Crippen LogP contribution in [0.25, 0.3) is 16.7 Å². The number of hydrogen-bond donors (Lipinski definition) is 0. The van der Waals surface area contributed by atoms with E-state index in [1.807, 2.05) is 19.1 Å². The molecule has 0 unspecified atom stereocenters. The summed E-state index contributed by atoms with van der Waals surface area (Å²) in [6, 6.07) is 18.0. The molecule has 3 aliphatic rings. The topological polar surface area (TPSA) is 35.5 Å². The van der Waals surface area contributed by atoms with Crippen molar-refractivity contribution in [2.75, 3.05) is 7.11 Å². The molecule has 0 amide bonds. The number of carbonyl (C=O) groups excluding carboxylic acids is 1. The number of carbonyl (C=O) groups is 1. The molecule has 6 rings (SSSR count). The van der Waals surface area contributed by atoms with Gasteiger partial charge in [-0.2, -0.15) is 0 Å². The van der Waals surface area contributed by atoms with Crippen molar-refractivity contribution in [3.05, 3.63) is 94.3 Å². The van der Waals surface area contributed by atoms with E-state index in [9.17, 15) is 4.79 Å². The Labute approximate surface area is 237 Å². The third kappa shape index (κ3) is 4.56. The van der Waals surface area contributed by atoms with Crippen LogP contribution in [-0.4, -0.2) is 13.1 Å². The third-order valence-corrected chi connectivity index (χ3v) is 9.76. The summed E-state index contributed by atoms with van der Waals surface area (Å²) >= 11 is 0. The number of esters is 1. The minimum absolute atomic E-state index is 0.0281. The number of rotatable bonds is 6. The fraction of sp³-hybridized carbons (Fsp3) is 0.417. The predicted molar refractivity (Wildman–Crippen MR) is 158 cm³/mol. The SMILES string of the molecule is COC(=O)[C@@H]1CC[C@@]12CCCc1ccc(OCc3ccc(-c4cc(C)ccc4F)c(C4=CCCC4(C)C)c3)cc12. The van der Waals surface area contributed by atoms with Crippen molar-refractivity contribution in [1.82, 2.24) is 0 Å². The average molecular weight is 539 g/mol. The molecule has 40 heavy (non-hydrogen) atoms. The van der Waals surface area contributed by atoms with Gasteiger partial charge in [-0.3, -0.25) is 4.79 Å². The summed E-state index contributed by atoms with van der Waals surface area (Å²) in [5, 5.41) is 0. The highest BCUT2D eigenvalue weighted by atomic mass is 19.1. The maximum Gasteiger partial charge on any atom is 0.309 e. The van der Waals surface area contributed by atoms with Gasteiger partial charge >= 0.3 is 5.97 Å².